The molecule has 0 radical (unpaired) electrons. The zero-order valence-electron chi connectivity index (χ0n) is 8.24. The second-order valence-corrected chi connectivity index (χ2v) is 4.00. The van der Waals surface area contributed by atoms with E-state index >= 15 is 0 Å². The standard InChI is InChI=1S/C10H17NO3/c11-10(14)8(6-9(12)13)7-4-2-1-3-5-7/h7-8H,1-6H2,(H2,11,14)(H,12,13). The Bertz CT molecular complexity index is 221. The van der Waals surface area contributed by atoms with Gasteiger partial charge in [0, 0.05) is 0 Å². The van der Waals surface area contributed by atoms with Crippen LogP contribution in [-0.4, -0.2) is 17.0 Å². The van der Waals surface area contributed by atoms with E-state index in [1.165, 1.54) is 6.42 Å². The predicted octanol–water partition coefficient (Wildman–Crippen LogP) is 1.14. The molecule has 0 aliphatic heterocycles. The highest BCUT2D eigenvalue weighted by Crippen LogP contribution is 2.31. The molecular formula is C10H17NO3. The molecule has 1 atom stereocenters. The fraction of sp³-hybridized carbons (Fsp3) is 0.800. The first-order valence-electron chi connectivity index (χ1n) is 5.12. The molecular weight excluding hydrogens is 182 g/mol. The van der Waals surface area contributed by atoms with Gasteiger partial charge >= 0.3 is 5.97 Å². The topological polar surface area (TPSA) is 80.4 Å². The van der Waals surface area contributed by atoms with E-state index in [1.807, 2.05) is 0 Å². The summed E-state index contributed by atoms with van der Waals surface area (Å²) >= 11 is 0. The van der Waals surface area contributed by atoms with Crippen molar-refractivity contribution in [1.82, 2.24) is 0 Å². The Morgan fingerprint density at radius 2 is 1.86 bits per heavy atom. The van der Waals surface area contributed by atoms with Crippen LogP contribution in [0.4, 0.5) is 0 Å². The first kappa shape index (κ1) is 11.0. The lowest BCUT2D eigenvalue weighted by Crippen LogP contribution is -2.33. The molecule has 0 bridgehead atoms. The van der Waals surface area contributed by atoms with Crippen LogP contribution in [0.25, 0.3) is 0 Å². The van der Waals surface area contributed by atoms with E-state index in [9.17, 15) is 9.59 Å². The third-order valence-corrected chi connectivity index (χ3v) is 2.98. The molecule has 1 fully saturated rings. The Labute approximate surface area is 83.5 Å². The van der Waals surface area contributed by atoms with Crippen LogP contribution in [0.15, 0.2) is 0 Å². The molecule has 1 amide bonds. The Kier molecular flexibility index (Phi) is 3.92. The molecule has 14 heavy (non-hydrogen) atoms. The third-order valence-electron chi connectivity index (χ3n) is 2.98. The average molecular weight is 199 g/mol. The Morgan fingerprint density at radius 1 is 1.29 bits per heavy atom. The number of carboxylic acid groups (broad SMARTS) is 1. The van der Waals surface area contributed by atoms with Crippen molar-refractivity contribution in [2.24, 2.45) is 17.6 Å². The van der Waals surface area contributed by atoms with E-state index < -0.39 is 17.8 Å². The predicted molar refractivity (Wildman–Crippen MR) is 51.5 cm³/mol. The molecule has 4 nitrogen and oxygen atoms in total. The molecule has 0 aromatic heterocycles. The van der Waals surface area contributed by atoms with E-state index in [4.69, 9.17) is 10.8 Å². The van der Waals surface area contributed by atoms with Gasteiger partial charge in [-0.2, -0.15) is 0 Å². The fourth-order valence-electron chi connectivity index (χ4n) is 2.22. The van der Waals surface area contributed by atoms with E-state index in [0.717, 1.165) is 25.7 Å². The molecule has 1 saturated carbocycles. The SMILES string of the molecule is NC(=O)C(CC(=O)O)C1CCCCC1. The van der Waals surface area contributed by atoms with Crippen molar-refractivity contribution in [3.63, 3.8) is 0 Å². The maximum absolute atomic E-state index is 11.1. The van der Waals surface area contributed by atoms with Crippen LogP contribution in [0.5, 0.6) is 0 Å². The summed E-state index contributed by atoms with van der Waals surface area (Å²) < 4.78 is 0. The number of amides is 1. The third kappa shape index (κ3) is 3.01. The van der Waals surface area contributed by atoms with Crippen LogP contribution in [0.3, 0.4) is 0 Å². The Morgan fingerprint density at radius 3 is 2.29 bits per heavy atom. The second-order valence-electron chi connectivity index (χ2n) is 4.00. The lowest BCUT2D eigenvalue weighted by atomic mass is 9.78. The summed E-state index contributed by atoms with van der Waals surface area (Å²) in [5.74, 6) is -1.66. The van der Waals surface area contributed by atoms with Crippen molar-refractivity contribution in [2.45, 2.75) is 38.5 Å². The summed E-state index contributed by atoms with van der Waals surface area (Å²) in [7, 11) is 0. The van der Waals surface area contributed by atoms with Gasteiger partial charge in [0.1, 0.15) is 0 Å². The minimum absolute atomic E-state index is 0.111. The molecule has 0 aromatic rings. The summed E-state index contributed by atoms with van der Waals surface area (Å²) in [4.78, 5) is 21.6. The maximum Gasteiger partial charge on any atom is 0.304 e. The van der Waals surface area contributed by atoms with Crippen molar-refractivity contribution in [1.29, 1.82) is 0 Å². The van der Waals surface area contributed by atoms with Crippen LogP contribution in [0.1, 0.15) is 38.5 Å². The smallest absolute Gasteiger partial charge is 0.304 e. The van der Waals surface area contributed by atoms with Crippen molar-refractivity contribution in [2.75, 3.05) is 0 Å². The lowest BCUT2D eigenvalue weighted by molar-refractivity contribution is -0.141. The van der Waals surface area contributed by atoms with Gasteiger partial charge in [-0.3, -0.25) is 9.59 Å². The van der Waals surface area contributed by atoms with Gasteiger partial charge in [-0.25, -0.2) is 0 Å². The van der Waals surface area contributed by atoms with Crippen LogP contribution in [0.2, 0.25) is 0 Å². The van der Waals surface area contributed by atoms with Crippen molar-refractivity contribution >= 4 is 11.9 Å². The zero-order valence-corrected chi connectivity index (χ0v) is 8.24. The number of aliphatic carboxylic acids is 1. The van der Waals surface area contributed by atoms with E-state index in [0.29, 0.717) is 0 Å². The van der Waals surface area contributed by atoms with Gasteiger partial charge in [-0.15, -0.1) is 0 Å². The summed E-state index contributed by atoms with van der Waals surface area (Å²) in [5.41, 5.74) is 5.21. The maximum atomic E-state index is 11.1. The van der Waals surface area contributed by atoms with Crippen LogP contribution >= 0.6 is 0 Å². The molecule has 1 aliphatic carbocycles. The minimum Gasteiger partial charge on any atom is -0.481 e. The zero-order chi connectivity index (χ0) is 10.6. The number of primary amides is 1. The van der Waals surface area contributed by atoms with Gasteiger partial charge in [0.15, 0.2) is 0 Å². The number of carbonyl (C=O) groups excluding carboxylic acids is 1. The quantitative estimate of drug-likeness (QED) is 0.712. The monoisotopic (exact) mass is 199 g/mol. The van der Waals surface area contributed by atoms with E-state index in [2.05, 4.69) is 0 Å². The summed E-state index contributed by atoms with van der Waals surface area (Å²) in [6.45, 7) is 0. The number of carboxylic acids is 1. The number of rotatable bonds is 4. The molecule has 0 spiro atoms. The van der Waals surface area contributed by atoms with Crippen LogP contribution in [-0.2, 0) is 9.59 Å². The number of nitrogens with two attached hydrogens (primary N) is 1. The Balaban J connectivity index is 2.56. The average Bonchev–Trinajstić information content (AvgIpc) is 2.15. The number of hydrogen-bond donors (Lipinski definition) is 2. The van der Waals surface area contributed by atoms with E-state index in [1.54, 1.807) is 0 Å². The first-order valence-corrected chi connectivity index (χ1v) is 5.12. The molecule has 80 valence electrons. The van der Waals surface area contributed by atoms with Gasteiger partial charge in [0.05, 0.1) is 12.3 Å². The highest BCUT2D eigenvalue weighted by Gasteiger charge is 2.29. The number of carbonyl (C=O) groups is 2. The first-order chi connectivity index (χ1) is 6.61. The molecule has 4 heteroatoms. The summed E-state index contributed by atoms with van der Waals surface area (Å²) in [6, 6.07) is 0. The van der Waals surface area contributed by atoms with Gasteiger partial charge < -0.3 is 10.8 Å². The molecule has 0 heterocycles. The van der Waals surface area contributed by atoms with Crippen LogP contribution < -0.4 is 5.73 Å². The molecule has 1 unspecified atom stereocenters. The highest BCUT2D eigenvalue weighted by atomic mass is 16.4. The van der Waals surface area contributed by atoms with Gasteiger partial charge in [-0.1, -0.05) is 19.3 Å². The minimum atomic E-state index is -0.931. The fourth-order valence-corrected chi connectivity index (χ4v) is 2.22. The van der Waals surface area contributed by atoms with Crippen molar-refractivity contribution in [3.05, 3.63) is 0 Å². The highest BCUT2D eigenvalue weighted by molar-refractivity contribution is 5.82. The molecule has 0 aromatic carbocycles. The number of hydrogen-bond acceptors (Lipinski definition) is 2. The second kappa shape index (κ2) is 4.98. The van der Waals surface area contributed by atoms with Crippen LogP contribution in [0, 0.1) is 11.8 Å². The van der Waals surface area contributed by atoms with Gasteiger partial charge in [0.25, 0.3) is 0 Å². The summed E-state index contributed by atoms with van der Waals surface area (Å²) in [5, 5.41) is 8.66. The molecule has 1 rings (SSSR count). The lowest BCUT2D eigenvalue weighted by Gasteiger charge is -2.26. The summed E-state index contributed by atoms with van der Waals surface area (Å²) in [6.07, 6.45) is 5.15. The molecule has 1 aliphatic rings. The largest absolute Gasteiger partial charge is 0.481 e. The normalized spacial score (nSPS) is 20.3. The van der Waals surface area contributed by atoms with Gasteiger partial charge in [0.2, 0.25) is 5.91 Å². The van der Waals surface area contributed by atoms with E-state index in [-0.39, 0.29) is 12.3 Å². The van der Waals surface area contributed by atoms with Crippen molar-refractivity contribution in [3.8, 4) is 0 Å². The van der Waals surface area contributed by atoms with Gasteiger partial charge in [-0.05, 0) is 18.8 Å². The molecule has 3 N–H and O–H groups in total. The molecule has 0 saturated heterocycles. The van der Waals surface area contributed by atoms with Crippen molar-refractivity contribution < 1.29 is 14.7 Å². The Hall–Kier alpha value is -1.06.